The second-order valence-corrected chi connectivity index (χ2v) is 5.01. The van der Waals surface area contributed by atoms with Gasteiger partial charge < -0.3 is 5.73 Å². The zero-order chi connectivity index (χ0) is 15.0. The summed E-state index contributed by atoms with van der Waals surface area (Å²) in [6.07, 6.45) is 0. The molecular formula is C13H8Cl2FN5. The minimum atomic E-state index is -0.445. The fraction of sp³-hybridized carbons (Fsp3) is 0. The first kappa shape index (κ1) is 13.8. The highest BCUT2D eigenvalue weighted by molar-refractivity contribution is 6.43. The van der Waals surface area contributed by atoms with Crippen LogP contribution in [-0.4, -0.2) is 20.2 Å². The van der Waals surface area contributed by atoms with Crippen LogP contribution in [0.25, 0.3) is 17.1 Å². The van der Waals surface area contributed by atoms with Crippen molar-refractivity contribution in [2.75, 3.05) is 5.73 Å². The monoisotopic (exact) mass is 323 g/mol. The predicted octanol–water partition coefficient (Wildman–Crippen LogP) is 3.36. The molecule has 21 heavy (non-hydrogen) atoms. The quantitative estimate of drug-likeness (QED) is 0.734. The summed E-state index contributed by atoms with van der Waals surface area (Å²) in [4.78, 5) is 0. The van der Waals surface area contributed by atoms with E-state index < -0.39 is 5.82 Å². The Kier molecular flexibility index (Phi) is 3.48. The van der Waals surface area contributed by atoms with Crippen LogP contribution >= 0.6 is 23.2 Å². The van der Waals surface area contributed by atoms with E-state index >= 15 is 0 Å². The van der Waals surface area contributed by atoms with Crippen LogP contribution in [0, 0.1) is 5.82 Å². The smallest absolute Gasteiger partial charge is 0.187 e. The number of hydrogen-bond donors (Lipinski definition) is 1. The number of anilines is 1. The number of nitrogens with two attached hydrogens (primary N) is 1. The lowest BCUT2D eigenvalue weighted by atomic mass is 10.2. The molecule has 0 radical (unpaired) electrons. The van der Waals surface area contributed by atoms with E-state index in [4.69, 9.17) is 28.9 Å². The second-order valence-electron chi connectivity index (χ2n) is 4.23. The number of rotatable bonds is 2. The Labute approximate surface area is 129 Å². The van der Waals surface area contributed by atoms with Crippen LogP contribution in [-0.2, 0) is 0 Å². The van der Waals surface area contributed by atoms with Gasteiger partial charge in [0.1, 0.15) is 11.5 Å². The third kappa shape index (κ3) is 2.43. The minimum Gasteiger partial charge on any atom is -0.397 e. The van der Waals surface area contributed by atoms with Crippen molar-refractivity contribution in [2.24, 2.45) is 0 Å². The van der Waals surface area contributed by atoms with Crippen LogP contribution in [0.15, 0.2) is 36.4 Å². The summed E-state index contributed by atoms with van der Waals surface area (Å²) in [6, 6.07) is 9.31. The molecule has 0 aliphatic carbocycles. The van der Waals surface area contributed by atoms with E-state index in [1.807, 2.05) is 0 Å². The summed E-state index contributed by atoms with van der Waals surface area (Å²) in [5.74, 6) is -0.135. The molecule has 106 valence electrons. The van der Waals surface area contributed by atoms with E-state index in [0.29, 0.717) is 17.1 Å². The number of benzene rings is 2. The molecule has 0 aliphatic heterocycles. The van der Waals surface area contributed by atoms with Crippen LogP contribution in [0.3, 0.4) is 0 Å². The van der Waals surface area contributed by atoms with Crippen LogP contribution < -0.4 is 5.73 Å². The molecule has 0 fully saturated rings. The van der Waals surface area contributed by atoms with Gasteiger partial charge in [-0.3, -0.25) is 0 Å². The summed E-state index contributed by atoms with van der Waals surface area (Å²) in [7, 11) is 0. The normalized spacial score (nSPS) is 10.8. The van der Waals surface area contributed by atoms with Crippen molar-refractivity contribution >= 4 is 28.9 Å². The molecule has 5 nitrogen and oxygen atoms in total. The minimum absolute atomic E-state index is 0.224. The SMILES string of the molecule is Nc1cc(-c2nnnn2-c2ccccc2F)cc(Cl)c1Cl. The summed E-state index contributed by atoms with van der Waals surface area (Å²) in [5, 5.41) is 11.8. The van der Waals surface area contributed by atoms with Crippen LogP contribution in [0.4, 0.5) is 10.1 Å². The number of nitrogens with zero attached hydrogens (tertiary/aromatic N) is 4. The number of para-hydroxylation sites is 1. The molecule has 3 rings (SSSR count). The molecule has 2 N–H and O–H groups in total. The van der Waals surface area contributed by atoms with E-state index in [1.54, 1.807) is 30.3 Å². The van der Waals surface area contributed by atoms with Gasteiger partial charge in [-0.2, -0.15) is 4.68 Å². The van der Waals surface area contributed by atoms with E-state index in [0.717, 1.165) is 0 Å². The van der Waals surface area contributed by atoms with Gasteiger partial charge in [-0.05, 0) is 34.7 Å². The van der Waals surface area contributed by atoms with Crippen LogP contribution in [0.1, 0.15) is 0 Å². The lowest BCUT2D eigenvalue weighted by Crippen LogP contribution is -2.03. The maximum atomic E-state index is 13.9. The number of nitrogen functional groups attached to an aromatic ring is 1. The molecule has 3 aromatic rings. The van der Waals surface area contributed by atoms with Crippen molar-refractivity contribution in [1.29, 1.82) is 0 Å². The van der Waals surface area contributed by atoms with Gasteiger partial charge >= 0.3 is 0 Å². The number of aromatic nitrogens is 4. The Morgan fingerprint density at radius 2 is 1.90 bits per heavy atom. The molecule has 8 heteroatoms. The average Bonchev–Trinajstić information content (AvgIpc) is 2.94. The molecule has 1 aromatic heterocycles. The van der Waals surface area contributed by atoms with Crippen LogP contribution in [0.2, 0.25) is 10.0 Å². The van der Waals surface area contributed by atoms with Gasteiger partial charge in [0.2, 0.25) is 0 Å². The van der Waals surface area contributed by atoms with Gasteiger partial charge in [0.05, 0.1) is 15.7 Å². The molecule has 0 unspecified atom stereocenters. The van der Waals surface area contributed by atoms with Crippen molar-refractivity contribution in [3.05, 3.63) is 52.3 Å². The fourth-order valence-corrected chi connectivity index (χ4v) is 2.23. The maximum absolute atomic E-state index is 13.9. The molecule has 0 saturated heterocycles. The van der Waals surface area contributed by atoms with E-state index in [-0.39, 0.29) is 15.7 Å². The van der Waals surface area contributed by atoms with Gasteiger partial charge in [0, 0.05) is 5.56 Å². The van der Waals surface area contributed by atoms with Crippen molar-refractivity contribution < 1.29 is 4.39 Å². The highest BCUT2D eigenvalue weighted by Gasteiger charge is 2.16. The highest BCUT2D eigenvalue weighted by atomic mass is 35.5. The highest BCUT2D eigenvalue weighted by Crippen LogP contribution is 2.33. The van der Waals surface area contributed by atoms with E-state index in [2.05, 4.69) is 15.5 Å². The van der Waals surface area contributed by atoms with Crippen LogP contribution in [0.5, 0.6) is 0 Å². The number of tetrazole rings is 1. The van der Waals surface area contributed by atoms with E-state index in [9.17, 15) is 4.39 Å². The zero-order valence-electron chi connectivity index (χ0n) is 10.5. The predicted molar refractivity (Wildman–Crippen MR) is 79.0 cm³/mol. The molecular weight excluding hydrogens is 316 g/mol. The Morgan fingerprint density at radius 3 is 2.62 bits per heavy atom. The first-order valence-electron chi connectivity index (χ1n) is 5.86. The van der Waals surface area contributed by atoms with Gasteiger partial charge in [0.25, 0.3) is 0 Å². The van der Waals surface area contributed by atoms with Crippen molar-refractivity contribution in [2.45, 2.75) is 0 Å². The molecule has 0 amide bonds. The first-order valence-corrected chi connectivity index (χ1v) is 6.61. The topological polar surface area (TPSA) is 69.6 Å². The zero-order valence-corrected chi connectivity index (χ0v) is 12.0. The summed E-state index contributed by atoms with van der Waals surface area (Å²) >= 11 is 11.9. The number of hydrogen-bond acceptors (Lipinski definition) is 4. The largest absolute Gasteiger partial charge is 0.397 e. The fourth-order valence-electron chi connectivity index (χ4n) is 1.89. The van der Waals surface area contributed by atoms with Gasteiger partial charge in [-0.1, -0.05) is 35.3 Å². The lowest BCUT2D eigenvalue weighted by molar-refractivity contribution is 0.608. The molecule has 0 atom stereocenters. The summed E-state index contributed by atoms with van der Waals surface area (Å²) in [5.41, 5.74) is 6.83. The van der Waals surface area contributed by atoms with Crippen molar-refractivity contribution in [3.8, 4) is 17.1 Å². The van der Waals surface area contributed by atoms with Gasteiger partial charge in [-0.15, -0.1) is 5.10 Å². The summed E-state index contributed by atoms with van der Waals surface area (Å²) in [6.45, 7) is 0. The van der Waals surface area contributed by atoms with E-state index in [1.165, 1.54) is 10.7 Å². The molecule has 2 aromatic carbocycles. The summed E-state index contributed by atoms with van der Waals surface area (Å²) < 4.78 is 15.2. The third-order valence-electron chi connectivity index (χ3n) is 2.86. The Bertz CT molecular complexity index is 795. The van der Waals surface area contributed by atoms with Gasteiger partial charge in [-0.25, -0.2) is 4.39 Å². The standard InChI is InChI=1S/C13H8Cl2FN5/c14-8-5-7(6-10(17)12(8)15)13-18-19-20-21(13)11-4-2-1-3-9(11)16/h1-6H,17H2. The first-order chi connectivity index (χ1) is 10.1. The Morgan fingerprint density at radius 1 is 1.14 bits per heavy atom. The number of halogens is 3. The lowest BCUT2D eigenvalue weighted by Gasteiger charge is -2.08. The Hall–Kier alpha value is -2.18. The molecule has 0 bridgehead atoms. The third-order valence-corrected chi connectivity index (χ3v) is 3.68. The molecule has 0 aliphatic rings. The van der Waals surface area contributed by atoms with Gasteiger partial charge in [0.15, 0.2) is 5.82 Å². The molecule has 0 spiro atoms. The average molecular weight is 324 g/mol. The molecule has 0 saturated carbocycles. The second kappa shape index (κ2) is 5.31. The van der Waals surface area contributed by atoms with Crippen molar-refractivity contribution in [1.82, 2.24) is 20.2 Å². The maximum Gasteiger partial charge on any atom is 0.187 e. The Balaban J connectivity index is 2.18. The molecule has 1 heterocycles. The van der Waals surface area contributed by atoms with Crippen molar-refractivity contribution in [3.63, 3.8) is 0 Å².